The minimum Gasteiger partial charge on any atom is -0.313 e. The number of aromatic nitrogens is 1. The molecule has 2 aromatic rings. The Labute approximate surface area is 125 Å². The zero-order valence-corrected chi connectivity index (χ0v) is 13.0. The van der Waals surface area contributed by atoms with Crippen LogP contribution >= 0.6 is 11.3 Å². The van der Waals surface area contributed by atoms with Gasteiger partial charge in [-0.3, -0.25) is 0 Å². The molecule has 1 fully saturated rings. The lowest BCUT2D eigenvalue weighted by molar-refractivity contribution is 0.419. The van der Waals surface area contributed by atoms with Crippen LogP contribution in [0, 0.1) is 6.92 Å². The van der Waals surface area contributed by atoms with E-state index in [0.29, 0.717) is 6.04 Å². The Morgan fingerprint density at radius 1 is 1.30 bits per heavy atom. The number of rotatable bonds is 5. The number of nitrogens with one attached hydrogen (secondary N) is 1. The summed E-state index contributed by atoms with van der Waals surface area (Å²) < 4.78 is 0. The van der Waals surface area contributed by atoms with E-state index >= 15 is 0 Å². The summed E-state index contributed by atoms with van der Waals surface area (Å²) in [5, 5.41) is 6.73. The van der Waals surface area contributed by atoms with Crippen molar-refractivity contribution < 1.29 is 0 Å². The lowest BCUT2D eigenvalue weighted by Gasteiger charge is -2.26. The van der Waals surface area contributed by atoms with Crippen LogP contribution in [0.1, 0.15) is 53.1 Å². The SMILES string of the molecule is CNC(Cc1csc(C)n1)c1ccc(C2CCC2)cc1. The predicted molar refractivity (Wildman–Crippen MR) is 85.4 cm³/mol. The summed E-state index contributed by atoms with van der Waals surface area (Å²) >= 11 is 1.73. The van der Waals surface area contributed by atoms with Crippen molar-refractivity contribution in [2.45, 2.75) is 44.6 Å². The van der Waals surface area contributed by atoms with Crippen LogP contribution < -0.4 is 5.32 Å². The molecule has 1 heterocycles. The van der Waals surface area contributed by atoms with Crippen LogP contribution in [0.5, 0.6) is 0 Å². The summed E-state index contributed by atoms with van der Waals surface area (Å²) in [5.41, 5.74) is 4.07. The molecule has 1 aromatic carbocycles. The molecular weight excluding hydrogens is 264 g/mol. The lowest BCUT2D eigenvalue weighted by atomic mass is 9.80. The number of hydrogen-bond donors (Lipinski definition) is 1. The maximum Gasteiger partial charge on any atom is 0.0897 e. The van der Waals surface area contributed by atoms with E-state index in [0.717, 1.165) is 17.3 Å². The minimum absolute atomic E-state index is 0.354. The van der Waals surface area contributed by atoms with Gasteiger partial charge in [-0.1, -0.05) is 30.7 Å². The third-order valence-corrected chi connectivity index (χ3v) is 5.17. The Morgan fingerprint density at radius 3 is 2.55 bits per heavy atom. The second-order valence-electron chi connectivity index (χ2n) is 5.70. The molecule has 1 unspecified atom stereocenters. The summed E-state index contributed by atoms with van der Waals surface area (Å²) in [4.78, 5) is 4.57. The normalized spacial score (nSPS) is 16.9. The molecule has 1 aromatic heterocycles. The molecule has 2 nitrogen and oxygen atoms in total. The number of aryl methyl sites for hydroxylation is 1. The van der Waals surface area contributed by atoms with Crippen LogP contribution in [0.15, 0.2) is 29.6 Å². The van der Waals surface area contributed by atoms with Gasteiger partial charge in [-0.25, -0.2) is 4.98 Å². The molecule has 1 aliphatic rings. The van der Waals surface area contributed by atoms with Gasteiger partial charge < -0.3 is 5.32 Å². The lowest BCUT2D eigenvalue weighted by Crippen LogP contribution is -2.19. The zero-order valence-electron chi connectivity index (χ0n) is 12.2. The molecule has 0 saturated heterocycles. The highest BCUT2D eigenvalue weighted by Gasteiger charge is 2.19. The first-order valence-electron chi connectivity index (χ1n) is 7.44. The highest BCUT2D eigenvalue weighted by Crippen LogP contribution is 2.36. The molecule has 106 valence electrons. The fourth-order valence-electron chi connectivity index (χ4n) is 2.84. The van der Waals surface area contributed by atoms with Crippen LogP contribution in [-0.4, -0.2) is 12.0 Å². The van der Waals surface area contributed by atoms with Crippen molar-refractivity contribution in [3.8, 4) is 0 Å². The van der Waals surface area contributed by atoms with Crippen molar-refractivity contribution in [3.05, 3.63) is 51.5 Å². The van der Waals surface area contributed by atoms with Gasteiger partial charge in [0.25, 0.3) is 0 Å². The maximum atomic E-state index is 4.57. The van der Waals surface area contributed by atoms with E-state index in [1.54, 1.807) is 11.3 Å². The second-order valence-corrected chi connectivity index (χ2v) is 6.76. The van der Waals surface area contributed by atoms with Gasteiger partial charge in [-0.2, -0.15) is 0 Å². The molecule has 3 rings (SSSR count). The van der Waals surface area contributed by atoms with Crippen molar-refractivity contribution >= 4 is 11.3 Å². The molecule has 1 atom stereocenters. The largest absolute Gasteiger partial charge is 0.313 e. The highest BCUT2D eigenvalue weighted by atomic mass is 32.1. The Kier molecular flexibility index (Phi) is 4.18. The van der Waals surface area contributed by atoms with Gasteiger partial charge in [0.05, 0.1) is 10.7 Å². The van der Waals surface area contributed by atoms with Crippen LogP contribution in [0.4, 0.5) is 0 Å². The van der Waals surface area contributed by atoms with E-state index in [1.807, 2.05) is 7.05 Å². The first-order chi connectivity index (χ1) is 9.76. The first-order valence-corrected chi connectivity index (χ1v) is 8.32. The Bertz CT molecular complexity index is 555. The van der Waals surface area contributed by atoms with Gasteiger partial charge in [0.2, 0.25) is 0 Å². The van der Waals surface area contributed by atoms with Crippen molar-refractivity contribution in [1.29, 1.82) is 0 Å². The number of benzene rings is 1. The van der Waals surface area contributed by atoms with Gasteiger partial charge in [0, 0.05) is 17.8 Å². The van der Waals surface area contributed by atoms with Crippen molar-refractivity contribution in [1.82, 2.24) is 10.3 Å². The van der Waals surface area contributed by atoms with Crippen LogP contribution in [0.2, 0.25) is 0 Å². The summed E-state index contributed by atoms with van der Waals surface area (Å²) in [6.45, 7) is 2.07. The number of likely N-dealkylation sites (N-methyl/N-ethyl adjacent to an activating group) is 1. The number of thiazole rings is 1. The Hall–Kier alpha value is -1.19. The number of nitrogens with zero attached hydrogens (tertiary/aromatic N) is 1. The molecule has 0 bridgehead atoms. The van der Waals surface area contributed by atoms with E-state index in [-0.39, 0.29) is 0 Å². The highest BCUT2D eigenvalue weighted by molar-refractivity contribution is 7.09. The van der Waals surface area contributed by atoms with E-state index in [1.165, 1.54) is 36.1 Å². The fraction of sp³-hybridized carbons (Fsp3) is 0.471. The first kappa shape index (κ1) is 13.8. The quantitative estimate of drug-likeness (QED) is 0.890. The standard InChI is InChI=1S/C17H22N2S/c1-12-19-16(11-20-12)10-17(18-2)15-8-6-14(7-9-15)13-4-3-5-13/h6-9,11,13,17-18H,3-5,10H2,1-2H3. The van der Waals surface area contributed by atoms with Gasteiger partial charge in [-0.15, -0.1) is 11.3 Å². The maximum absolute atomic E-state index is 4.57. The summed E-state index contributed by atoms with van der Waals surface area (Å²) in [6, 6.07) is 9.56. The average molecular weight is 286 g/mol. The molecule has 1 saturated carbocycles. The molecule has 0 spiro atoms. The Morgan fingerprint density at radius 2 is 2.05 bits per heavy atom. The topological polar surface area (TPSA) is 24.9 Å². The third-order valence-electron chi connectivity index (χ3n) is 4.34. The summed E-state index contributed by atoms with van der Waals surface area (Å²) in [5.74, 6) is 0.818. The van der Waals surface area contributed by atoms with Gasteiger partial charge in [0.1, 0.15) is 0 Å². The van der Waals surface area contributed by atoms with E-state index < -0.39 is 0 Å². The molecule has 0 amide bonds. The van der Waals surface area contributed by atoms with Gasteiger partial charge >= 0.3 is 0 Å². The zero-order chi connectivity index (χ0) is 13.9. The van der Waals surface area contributed by atoms with Crippen LogP contribution in [-0.2, 0) is 6.42 Å². The number of hydrogen-bond acceptors (Lipinski definition) is 3. The monoisotopic (exact) mass is 286 g/mol. The molecule has 3 heteroatoms. The molecular formula is C17H22N2S. The fourth-order valence-corrected chi connectivity index (χ4v) is 3.47. The average Bonchev–Trinajstić information content (AvgIpc) is 2.81. The second kappa shape index (κ2) is 6.06. The molecule has 1 N–H and O–H groups in total. The van der Waals surface area contributed by atoms with E-state index in [9.17, 15) is 0 Å². The van der Waals surface area contributed by atoms with Gasteiger partial charge in [0.15, 0.2) is 0 Å². The van der Waals surface area contributed by atoms with Crippen LogP contribution in [0.25, 0.3) is 0 Å². The predicted octanol–water partition coefficient (Wildman–Crippen LogP) is 4.22. The molecule has 0 radical (unpaired) electrons. The van der Waals surface area contributed by atoms with E-state index in [4.69, 9.17) is 0 Å². The van der Waals surface area contributed by atoms with Crippen molar-refractivity contribution in [3.63, 3.8) is 0 Å². The smallest absolute Gasteiger partial charge is 0.0897 e. The molecule has 20 heavy (non-hydrogen) atoms. The third kappa shape index (κ3) is 2.94. The van der Waals surface area contributed by atoms with Crippen LogP contribution in [0.3, 0.4) is 0 Å². The summed E-state index contributed by atoms with van der Waals surface area (Å²) in [7, 11) is 2.03. The van der Waals surface area contributed by atoms with Gasteiger partial charge in [-0.05, 0) is 43.9 Å². The van der Waals surface area contributed by atoms with Crippen molar-refractivity contribution in [2.75, 3.05) is 7.05 Å². The van der Waals surface area contributed by atoms with E-state index in [2.05, 4.69) is 46.9 Å². The molecule has 1 aliphatic carbocycles. The summed E-state index contributed by atoms with van der Waals surface area (Å²) in [6.07, 6.45) is 5.10. The van der Waals surface area contributed by atoms with Crippen molar-refractivity contribution in [2.24, 2.45) is 0 Å². The Balaban J connectivity index is 1.71. The minimum atomic E-state index is 0.354. The molecule has 0 aliphatic heterocycles.